The molecule has 1 rings (SSSR count). The fourth-order valence-corrected chi connectivity index (χ4v) is 3.62. The number of unbranched alkanes of at least 4 members (excludes halogenated alkanes) is 1. The lowest BCUT2D eigenvalue weighted by Crippen LogP contribution is -2.29. The van der Waals surface area contributed by atoms with Gasteiger partial charge in [-0.25, -0.2) is 12.7 Å². The molecule has 0 fully saturated rings. The van der Waals surface area contributed by atoms with Crippen LogP contribution < -0.4 is 5.32 Å². The van der Waals surface area contributed by atoms with Crippen LogP contribution in [-0.2, 0) is 16.6 Å². The van der Waals surface area contributed by atoms with Crippen molar-refractivity contribution in [1.29, 1.82) is 0 Å². The van der Waals surface area contributed by atoms with Crippen molar-refractivity contribution in [2.24, 2.45) is 0 Å². The van der Waals surface area contributed by atoms with Gasteiger partial charge < -0.3 is 5.32 Å². The second kappa shape index (κ2) is 8.88. The number of sulfonamides is 1. The smallest absolute Gasteiger partial charge is 0.214 e. The van der Waals surface area contributed by atoms with E-state index in [-0.39, 0.29) is 5.75 Å². The molecule has 0 saturated carbocycles. The maximum Gasteiger partial charge on any atom is 0.214 e. The maximum absolute atomic E-state index is 12.2. The first-order chi connectivity index (χ1) is 9.81. The molecule has 4 nitrogen and oxygen atoms in total. The molecule has 0 heterocycles. The molecular weight excluding hydrogens is 352 g/mol. The van der Waals surface area contributed by atoms with E-state index in [0.717, 1.165) is 23.0 Å². The van der Waals surface area contributed by atoms with E-state index in [0.29, 0.717) is 19.0 Å². The molecule has 0 aliphatic carbocycles. The lowest BCUT2D eigenvalue weighted by Gasteiger charge is -2.17. The average molecular weight is 377 g/mol. The first kappa shape index (κ1) is 18.6. The number of hydrogen-bond acceptors (Lipinski definition) is 3. The Kier molecular flexibility index (Phi) is 7.87. The monoisotopic (exact) mass is 376 g/mol. The largest absolute Gasteiger partial charge is 0.315 e. The highest BCUT2D eigenvalue weighted by atomic mass is 79.9. The molecule has 21 heavy (non-hydrogen) atoms. The summed E-state index contributed by atoms with van der Waals surface area (Å²) in [6, 6.07) is 8.17. The summed E-state index contributed by atoms with van der Waals surface area (Å²) < 4.78 is 26.8. The van der Waals surface area contributed by atoms with E-state index in [1.807, 2.05) is 24.3 Å². The van der Waals surface area contributed by atoms with Crippen LogP contribution in [0.3, 0.4) is 0 Å². The van der Waals surface area contributed by atoms with Crippen LogP contribution in [0.15, 0.2) is 28.7 Å². The second-order valence-electron chi connectivity index (χ2n) is 5.52. The van der Waals surface area contributed by atoms with Crippen LogP contribution in [0.2, 0.25) is 0 Å². The Hall–Kier alpha value is -0.430. The van der Waals surface area contributed by atoms with Gasteiger partial charge in [0.2, 0.25) is 10.0 Å². The summed E-state index contributed by atoms with van der Waals surface area (Å²) in [6.45, 7) is 5.44. The number of hydrogen-bond donors (Lipinski definition) is 1. The molecule has 0 spiro atoms. The van der Waals surface area contributed by atoms with Crippen molar-refractivity contribution in [1.82, 2.24) is 9.62 Å². The first-order valence-corrected chi connectivity index (χ1v) is 9.63. The third kappa shape index (κ3) is 7.40. The van der Waals surface area contributed by atoms with Gasteiger partial charge in [0.15, 0.2) is 0 Å². The molecule has 0 aliphatic heterocycles. The van der Waals surface area contributed by atoms with E-state index in [4.69, 9.17) is 0 Å². The highest BCUT2D eigenvalue weighted by Crippen LogP contribution is 2.14. The number of nitrogens with zero attached hydrogens (tertiary/aromatic N) is 1. The van der Waals surface area contributed by atoms with E-state index in [9.17, 15) is 8.42 Å². The van der Waals surface area contributed by atoms with Crippen molar-refractivity contribution in [3.63, 3.8) is 0 Å². The molecule has 0 radical (unpaired) electrons. The Morgan fingerprint density at radius 3 is 2.62 bits per heavy atom. The standard InChI is InChI=1S/C15H25BrN2O2S/c1-13(2)17-9-4-5-10-21(19,20)18(3)12-14-7-6-8-15(16)11-14/h6-8,11,13,17H,4-5,9-10,12H2,1-3H3. The van der Waals surface area contributed by atoms with Gasteiger partial charge in [-0.05, 0) is 37.1 Å². The zero-order valence-electron chi connectivity index (χ0n) is 13.0. The van der Waals surface area contributed by atoms with E-state index in [1.165, 1.54) is 4.31 Å². The lowest BCUT2D eigenvalue weighted by molar-refractivity contribution is 0.463. The van der Waals surface area contributed by atoms with Gasteiger partial charge in [-0.2, -0.15) is 0 Å². The zero-order chi connectivity index (χ0) is 15.9. The predicted octanol–water partition coefficient (Wildman–Crippen LogP) is 2.99. The first-order valence-electron chi connectivity index (χ1n) is 7.23. The minimum atomic E-state index is -3.18. The van der Waals surface area contributed by atoms with Crippen molar-refractivity contribution in [2.75, 3.05) is 19.3 Å². The topological polar surface area (TPSA) is 49.4 Å². The Balaban J connectivity index is 2.42. The Labute approximate surface area is 137 Å². The Bertz CT molecular complexity index is 532. The van der Waals surface area contributed by atoms with Crippen LogP contribution in [0.1, 0.15) is 32.3 Å². The minimum Gasteiger partial charge on any atom is -0.315 e. The van der Waals surface area contributed by atoms with Gasteiger partial charge in [0, 0.05) is 24.1 Å². The van der Waals surface area contributed by atoms with Crippen molar-refractivity contribution in [2.45, 2.75) is 39.3 Å². The predicted molar refractivity (Wildman–Crippen MR) is 91.8 cm³/mol. The molecule has 0 aliphatic rings. The third-order valence-electron chi connectivity index (χ3n) is 3.15. The van der Waals surface area contributed by atoms with E-state index < -0.39 is 10.0 Å². The quantitative estimate of drug-likeness (QED) is 0.673. The van der Waals surface area contributed by atoms with Crippen LogP contribution >= 0.6 is 15.9 Å². The fourth-order valence-electron chi connectivity index (χ4n) is 1.95. The van der Waals surface area contributed by atoms with E-state index in [2.05, 4.69) is 35.1 Å². The summed E-state index contributed by atoms with van der Waals surface area (Å²) in [5.41, 5.74) is 0.983. The maximum atomic E-state index is 12.2. The molecule has 0 atom stereocenters. The summed E-state index contributed by atoms with van der Waals surface area (Å²) >= 11 is 3.40. The van der Waals surface area contributed by atoms with Crippen LogP contribution in [0.5, 0.6) is 0 Å². The van der Waals surface area contributed by atoms with Crippen molar-refractivity contribution < 1.29 is 8.42 Å². The van der Waals surface area contributed by atoms with E-state index in [1.54, 1.807) is 7.05 Å². The minimum absolute atomic E-state index is 0.206. The normalized spacial score (nSPS) is 12.3. The molecule has 0 saturated heterocycles. The Morgan fingerprint density at radius 1 is 1.29 bits per heavy atom. The van der Waals surface area contributed by atoms with Crippen LogP contribution in [0, 0.1) is 0 Å². The molecule has 0 amide bonds. The van der Waals surface area contributed by atoms with Gasteiger partial charge in [0.05, 0.1) is 5.75 Å². The van der Waals surface area contributed by atoms with Gasteiger partial charge in [-0.3, -0.25) is 0 Å². The molecule has 0 aromatic heterocycles. The van der Waals surface area contributed by atoms with Gasteiger partial charge in [0.1, 0.15) is 0 Å². The third-order valence-corrected chi connectivity index (χ3v) is 5.53. The van der Waals surface area contributed by atoms with Gasteiger partial charge in [0.25, 0.3) is 0 Å². The zero-order valence-corrected chi connectivity index (χ0v) is 15.4. The van der Waals surface area contributed by atoms with Gasteiger partial charge in [-0.15, -0.1) is 0 Å². The summed E-state index contributed by atoms with van der Waals surface area (Å²) in [4.78, 5) is 0. The second-order valence-corrected chi connectivity index (χ2v) is 8.63. The number of benzene rings is 1. The number of halogens is 1. The summed E-state index contributed by atoms with van der Waals surface area (Å²) in [7, 11) is -1.54. The molecule has 0 unspecified atom stereocenters. The molecular formula is C15H25BrN2O2S. The summed E-state index contributed by atoms with van der Waals surface area (Å²) in [5.74, 6) is 0.206. The van der Waals surface area contributed by atoms with Crippen molar-refractivity contribution >= 4 is 26.0 Å². The van der Waals surface area contributed by atoms with Crippen LogP contribution in [0.4, 0.5) is 0 Å². The Morgan fingerprint density at radius 2 is 2.00 bits per heavy atom. The van der Waals surface area contributed by atoms with Gasteiger partial charge >= 0.3 is 0 Å². The lowest BCUT2D eigenvalue weighted by atomic mass is 10.2. The van der Waals surface area contributed by atoms with Gasteiger partial charge in [-0.1, -0.05) is 41.9 Å². The van der Waals surface area contributed by atoms with Crippen LogP contribution in [-0.4, -0.2) is 38.1 Å². The number of rotatable bonds is 9. The molecule has 1 aromatic carbocycles. The highest BCUT2D eigenvalue weighted by molar-refractivity contribution is 9.10. The summed E-state index contributed by atoms with van der Waals surface area (Å²) in [5, 5.41) is 3.29. The molecule has 6 heteroatoms. The fraction of sp³-hybridized carbons (Fsp3) is 0.600. The van der Waals surface area contributed by atoms with E-state index >= 15 is 0 Å². The van der Waals surface area contributed by atoms with Crippen molar-refractivity contribution in [3.8, 4) is 0 Å². The van der Waals surface area contributed by atoms with Crippen LogP contribution in [0.25, 0.3) is 0 Å². The highest BCUT2D eigenvalue weighted by Gasteiger charge is 2.17. The average Bonchev–Trinajstić information content (AvgIpc) is 2.37. The molecule has 120 valence electrons. The molecule has 1 aromatic rings. The summed E-state index contributed by atoms with van der Waals surface area (Å²) in [6.07, 6.45) is 1.56. The molecule has 1 N–H and O–H groups in total. The van der Waals surface area contributed by atoms with Crippen molar-refractivity contribution in [3.05, 3.63) is 34.3 Å². The molecule has 0 bridgehead atoms. The SMILES string of the molecule is CC(C)NCCCCS(=O)(=O)N(C)Cc1cccc(Br)c1. The number of nitrogens with one attached hydrogen (secondary N) is 1.